The summed E-state index contributed by atoms with van der Waals surface area (Å²) >= 11 is 2.82. The highest BCUT2D eigenvalue weighted by Gasteiger charge is 2.40. The fourth-order valence-electron chi connectivity index (χ4n) is 4.09. The van der Waals surface area contributed by atoms with Crippen LogP contribution < -0.4 is 20.7 Å². The summed E-state index contributed by atoms with van der Waals surface area (Å²) in [6, 6.07) is 10.4. The first-order valence-corrected chi connectivity index (χ1v) is 15.5. The number of nitrogens with one attached hydrogen (secondary N) is 4. The Bertz CT molecular complexity index is 1350. The van der Waals surface area contributed by atoms with Crippen molar-refractivity contribution in [3.05, 3.63) is 47.3 Å². The molecule has 0 saturated carbocycles. The van der Waals surface area contributed by atoms with E-state index in [1.165, 1.54) is 23.9 Å². The van der Waals surface area contributed by atoms with Gasteiger partial charge in [-0.2, -0.15) is 0 Å². The van der Waals surface area contributed by atoms with E-state index in [2.05, 4.69) is 30.9 Å². The SMILES string of the molecule is Cc1ccc(S(=O)(=O)NCCNC(=O)C2(NC(=O)CSc3nnc(-c4cccs4)n3C)CCNCC2)cc1. The highest BCUT2D eigenvalue weighted by Crippen LogP contribution is 2.26. The molecule has 0 unspecified atom stereocenters. The largest absolute Gasteiger partial charge is 0.353 e. The summed E-state index contributed by atoms with van der Waals surface area (Å²) in [6.45, 7) is 3.15. The maximum atomic E-state index is 13.2. The molecule has 1 aromatic carbocycles. The summed E-state index contributed by atoms with van der Waals surface area (Å²) in [5, 5.41) is 19.9. The second-order valence-corrected chi connectivity index (χ2v) is 12.6. The van der Waals surface area contributed by atoms with Crippen LogP contribution in [0, 0.1) is 6.92 Å². The normalized spacial score (nSPS) is 15.2. The van der Waals surface area contributed by atoms with E-state index in [-0.39, 0.29) is 35.6 Å². The van der Waals surface area contributed by atoms with Crippen LogP contribution >= 0.6 is 23.1 Å². The van der Waals surface area contributed by atoms with Crippen molar-refractivity contribution in [2.75, 3.05) is 31.9 Å². The van der Waals surface area contributed by atoms with E-state index in [4.69, 9.17) is 0 Å². The van der Waals surface area contributed by atoms with Crippen LogP contribution in [0.5, 0.6) is 0 Å². The molecule has 1 saturated heterocycles. The quantitative estimate of drug-likeness (QED) is 0.197. The number of aromatic nitrogens is 3. The van der Waals surface area contributed by atoms with E-state index in [1.807, 2.05) is 36.1 Å². The number of nitrogens with zero attached hydrogens (tertiary/aromatic N) is 3. The topological polar surface area (TPSA) is 147 Å². The molecular weight excluding hydrogens is 547 g/mol. The molecule has 14 heteroatoms. The van der Waals surface area contributed by atoms with Crippen LogP contribution in [0.15, 0.2) is 51.8 Å². The second-order valence-electron chi connectivity index (χ2n) is 8.98. The lowest BCUT2D eigenvalue weighted by Crippen LogP contribution is -2.63. The Kier molecular flexibility index (Phi) is 9.20. The maximum absolute atomic E-state index is 13.2. The van der Waals surface area contributed by atoms with Gasteiger partial charge in [-0.1, -0.05) is 35.5 Å². The molecule has 4 N–H and O–H groups in total. The number of amides is 2. The van der Waals surface area contributed by atoms with Gasteiger partial charge < -0.3 is 20.5 Å². The lowest BCUT2D eigenvalue weighted by molar-refractivity contribution is -0.133. The van der Waals surface area contributed by atoms with E-state index in [0.717, 1.165) is 16.3 Å². The van der Waals surface area contributed by atoms with E-state index in [0.29, 0.717) is 31.1 Å². The zero-order valence-electron chi connectivity index (χ0n) is 21.2. The Labute approximate surface area is 230 Å². The van der Waals surface area contributed by atoms with Gasteiger partial charge in [0.05, 0.1) is 15.5 Å². The Balaban J connectivity index is 1.30. The van der Waals surface area contributed by atoms with Gasteiger partial charge in [-0.05, 0) is 56.4 Å². The molecule has 0 aliphatic carbocycles. The summed E-state index contributed by atoms with van der Waals surface area (Å²) in [7, 11) is -1.83. The minimum Gasteiger partial charge on any atom is -0.353 e. The fraction of sp³-hybridized carbons (Fsp3) is 0.417. The number of benzene rings is 1. The molecule has 0 atom stereocenters. The molecule has 3 aromatic rings. The van der Waals surface area contributed by atoms with Gasteiger partial charge in [-0.15, -0.1) is 21.5 Å². The van der Waals surface area contributed by atoms with Gasteiger partial charge >= 0.3 is 0 Å². The first-order valence-electron chi connectivity index (χ1n) is 12.1. The molecule has 3 heterocycles. The van der Waals surface area contributed by atoms with Crippen molar-refractivity contribution >= 4 is 44.9 Å². The zero-order chi connectivity index (χ0) is 27.2. The van der Waals surface area contributed by atoms with Crippen LogP contribution in [-0.2, 0) is 26.7 Å². The van der Waals surface area contributed by atoms with Gasteiger partial charge in [0.15, 0.2) is 11.0 Å². The van der Waals surface area contributed by atoms with E-state index < -0.39 is 15.6 Å². The van der Waals surface area contributed by atoms with Crippen molar-refractivity contribution < 1.29 is 18.0 Å². The molecule has 38 heavy (non-hydrogen) atoms. The fourth-order valence-corrected chi connectivity index (χ4v) is 6.57. The highest BCUT2D eigenvalue weighted by atomic mass is 32.2. The third kappa shape index (κ3) is 6.80. The average molecular weight is 578 g/mol. The van der Waals surface area contributed by atoms with Gasteiger partial charge in [0.1, 0.15) is 5.54 Å². The minimum absolute atomic E-state index is 0.0266. The lowest BCUT2D eigenvalue weighted by atomic mass is 9.87. The summed E-state index contributed by atoms with van der Waals surface area (Å²) in [4.78, 5) is 27.2. The summed E-state index contributed by atoms with van der Waals surface area (Å²) in [6.07, 6.45) is 0.855. The number of carbonyl (C=O) groups is 2. The third-order valence-electron chi connectivity index (χ3n) is 6.21. The summed E-state index contributed by atoms with van der Waals surface area (Å²) in [5.74, 6) is 0.198. The van der Waals surface area contributed by atoms with Gasteiger partial charge in [-0.25, -0.2) is 13.1 Å². The van der Waals surface area contributed by atoms with Gasteiger partial charge in [0.2, 0.25) is 21.8 Å². The van der Waals surface area contributed by atoms with Gasteiger partial charge in [0, 0.05) is 20.1 Å². The summed E-state index contributed by atoms with van der Waals surface area (Å²) in [5.41, 5.74) is -0.107. The number of hydrogen-bond donors (Lipinski definition) is 4. The van der Waals surface area contributed by atoms with Crippen LogP contribution in [0.3, 0.4) is 0 Å². The van der Waals surface area contributed by atoms with Crippen molar-refractivity contribution in [1.29, 1.82) is 0 Å². The molecule has 4 rings (SSSR count). The molecule has 204 valence electrons. The summed E-state index contributed by atoms with van der Waals surface area (Å²) < 4.78 is 29.3. The number of sulfonamides is 1. The lowest BCUT2D eigenvalue weighted by Gasteiger charge is -2.37. The predicted octanol–water partition coefficient (Wildman–Crippen LogP) is 1.28. The monoisotopic (exact) mass is 577 g/mol. The number of hydrogen-bond acceptors (Lipinski definition) is 9. The average Bonchev–Trinajstić information content (AvgIpc) is 3.56. The predicted molar refractivity (Wildman–Crippen MR) is 147 cm³/mol. The first kappa shape index (κ1) is 28.2. The molecule has 0 spiro atoms. The molecule has 1 aliphatic rings. The third-order valence-corrected chi connectivity index (χ3v) is 9.58. The van der Waals surface area contributed by atoms with Crippen molar-refractivity contribution in [1.82, 2.24) is 35.4 Å². The van der Waals surface area contributed by atoms with Crippen molar-refractivity contribution in [2.45, 2.75) is 35.4 Å². The molecule has 1 aliphatic heterocycles. The van der Waals surface area contributed by atoms with Crippen molar-refractivity contribution in [3.8, 4) is 10.7 Å². The number of rotatable bonds is 11. The Morgan fingerprint density at radius 1 is 1.13 bits per heavy atom. The van der Waals surface area contributed by atoms with Crippen LogP contribution in [0.1, 0.15) is 18.4 Å². The molecule has 2 amide bonds. The number of thioether (sulfide) groups is 1. The maximum Gasteiger partial charge on any atom is 0.245 e. The number of aryl methyl sites for hydroxylation is 1. The van der Waals surface area contributed by atoms with Crippen molar-refractivity contribution in [2.24, 2.45) is 7.05 Å². The van der Waals surface area contributed by atoms with Crippen LogP contribution in [0.25, 0.3) is 10.7 Å². The molecule has 2 aromatic heterocycles. The molecule has 0 bridgehead atoms. The Morgan fingerprint density at radius 3 is 2.55 bits per heavy atom. The van der Waals surface area contributed by atoms with E-state index in [9.17, 15) is 18.0 Å². The second kappa shape index (κ2) is 12.4. The molecule has 11 nitrogen and oxygen atoms in total. The standard InChI is InChI=1S/C24H31N7O4S3/c1-17-5-7-18(8-6-17)38(34,35)27-14-13-26-22(33)24(9-11-25-12-10-24)28-20(32)16-37-23-30-29-21(31(23)2)19-4-3-15-36-19/h3-8,15,25,27H,9-14,16H2,1-2H3,(H,26,33)(H,28,32). The Morgan fingerprint density at radius 2 is 1.87 bits per heavy atom. The zero-order valence-corrected chi connectivity index (χ0v) is 23.6. The van der Waals surface area contributed by atoms with Crippen LogP contribution in [0.2, 0.25) is 0 Å². The number of carbonyl (C=O) groups excluding carboxylic acids is 2. The number of piperidine rings is 1. The van der Waals surface area contributed by atoms with Crippen molar-refractivity contribution in [3.63, 3.8) is 0 Å². The van der Waals surface area contributed by atoms with Gasteiger partial charge in [0.25, 0.3) is 0 Å². The minimum atomic E-state index is -3.68. The smallest absolute Gasteiger partial charge is 0.245 e. The molecular formula is C24H31N7O4S3. The van der Waals surface area contributed by atoms with Gasteiger partial charge in [-0.3, -0.25) is 9.59 Å². The Hall–Kier alpha value is -2.78. The first-order chi connectivity index (χ1) is 18.2. The van der Waals surface area contributed by atoms with E-state index in [1.54, 1.807) is 23.5 Å². The van der Waals surface area contributed by atoms with Crippen LogP contribution in [0.4, 0.5) is 0 Å². The van der Waals surface area contributed by atoms with E-state index >= 15 is 0 Å². The molecule has 0 radical (unpaired) electrons. The number of thiophene rings is 1. The molecule has 1 fully saturated rings. The highest BCUT2D eigenvalue weighted by molar-refractivity contribution is 7.99. The van der Waals surface area contributed by atoms with Crippen LogP contribution in [-0.4, -0.2) is 72.5 Å².